The molecule has 1 aliphatic heterocycles. The van der Waals surface area contributed by atoms with Gasteiger partial charge in [0, 0.05) is 5.56 Å². The van der Waals surface area contributed by atoms with E-state index in [-0.39, 0.29) is 5.60 Å². The van der Waals surface area contributed by atoms with Crippen molar-refractivity contribution in [2.24, 2.45) is 17.8 Å². The lowest BCUT2D eigenvalue weighted by atomic mass is 9.85. The van der Waals surface area contributed by atoms with Gasteiger partial charge in [-0.3, -0.25) is 0 Å². The van der Waals surface area contributed by atoms with E-state index in [1.807, 2.05) is 13.8 Å². The van der Waals surface area contributed by atoms with Gasteiger partial charge in [0.2, 0.25) is 0 Å². The molecule has 178 valence electrons. The normalized spacial score (nSPS) is 20.4. The number of phenolic OH excluding ortho intramolecular Hbond substituents is 1. The van der Waals surface area contributed by atoms with Crippen LogP contribution in [0.15, 0.2) is 0 Å². The summed E-state index contributed by atoms with van der Waals surface area (Å²) in [6.07, 6.45) is 14.1. The van der Waals surface area contributed by atoms with E-state index < -0.39 is 0 Å². The van der Waals surface area contributed by atoms with Crippen molar-refractivity contribution in [2.75, 3.05) is 0 Å². The summed E-state index contributed by atoms with van der Waals surface area (Å²) >= 11 is 0. The second-order valence-corrected chi connectivity index (χ2v) is 11.4. The quantitative estimate of drug-likeness (QED) is 0.334. The first kappa shape index (κ1) is 26.1. The molecule has 0 saturated heterocycles. The van der Waals surface area contributed by atoms with Gasteiger partial charge in [-0.2, -0.15) is 0 Å². The molecule has 1 aromatic carbocycles. The Labute approximate surface area is 193 Å². The van der Waals surface area contributed by atoms with Crippen LogP contribution in [-0.2, 0) is 6.42 Å². The molecule has 0 radical (unpaired) electrons. The number of aromatic hydroxyl groups is 1. The van der Waals surface area contributed by atoms with Crippen molar-refractivity contribution >= 4 is 0 Å². The molecule has 2 rings (SSSR count). The zero-order valence-corrected chi connectivity index (χ0v) is 21.9. The predicted octanol–water partition coefficient (Wildman–Crippen LogP) is 8.84. The average Bonchev–Trinajstić information content (AvgIpc) is 2.70. The largest absolute Gasteiger partial charge is 0.507 e. The van der Waals surface area contributed by atoms with E-state index in [0.717, 1.165) is 59.5 Å². The molecule has 1 heterocycles. The van der Waals surface area contributed by atoms with Gasteiger partial charge in [-0.1, -0.05) is 72.6 Å². The summed E-state index contributed by atoms with van der Waals surface area (Å²) in [5.41, 5.74) is 4.23. The minimum Gasteiger partial charge on any atom is -0.507 e. The first-order valence-electron chi connectivity index (χ1n) is 13.0. The smallest absolute Gasteiger partial charge is 0.127 e. The van der Waals surface area contributed by atoms with E-state index in [1.165, 1.54) is 56.9 Å². The number of ether oxygens (including phenoxy) is 1. The Balaban J connectivity index is 1.74. The van der Waals surface area contributed by atoms with Crippen molar-refractivity contribution in [3.63, 3.8) is 0 Å². The summed E-state index contributed by atoms with van der Waals surface area (Å²) < 4.78 is 6.60. The minimum atomic E-state index is -0.0712. The molecule has 0 aromatic heterocycles. The third-order valence-electron chi connectivity index (χ3n) is 7.87. The second kappa shape index (κ2) is 11.6. The maximum absolute atomic E-state index is 10.4. The van der Waals surface area contributed by atoms with E-state index in [9.17, 15) is 5.11 Å². The molecule has 31 heavy (non-hydrogen) atoms. The Morgan fingerprint density at radius 3 is 1.94 bits per heavy atom. The van der Waals surface area contributed by atoms with Gasteiger partial charge in [0.05, 0.1) is 0 Å². The highest BCUT2D eigenvalue weighted by Crippen LogP contribution is 2.44. The molecule has 0 spiro atoms. The molecule has 1 aliphatic rings. The third kappa shape index (κ3) is 7.43. The Hall–Kier alpha value is -1.18. The molecule has 2 heteroatoms. The molecular weight excluding hydrogens is 383 g/mol. The second-order valence-electron chi connectivity index (χ2n) is 11.4. The molecule has 1 unspecified atom stereocenters. The fourth-order valence-electron chi connectivity index (χ4n) is 5.27. The van der Waals surface area contributed by atoms with E-state index in [1.54, 1.807) is 0 Å². The third-order valence-corrected chi connectivity index (χ3v) is 7.87. The SMILES string of the molecule is CC(C)CCC[C@@H](C)CCC[C@@H](C)CCCC1(C)CCc2c([13CH3])c(O)c([13CH3])c([13CH3])c2O1. The summed E-state index contributed by atoms with van der Waals surface area (Å²) in [5.74, 6) is 4.04. The molecular formula is C29H50O2. The van der Waals surface area contributed by atoms with Crippen molar-refractivity contribution in [3.8, 4) is 11.5 Å². The highest BCUT2D eigenvalue weighted by molar-refractivity contribution is 5.58. The molecule has 2 nitrogen and oxygen atoms in total. The summed E-state index contributed by atoms with van der Waals surface area (Å²) in [7, 11) is 0. The lowest BCUT2D eigenvalue weighted by Crippen LogP contribution is -2.37. The summed E-state index contributed by atoms with van der Waals surface area (Å²) in [4.78, 5) is 0. The van der Waals surface area contributed by atoms with Crippen LogP contribution in [0.5, 0.6) is 11.5 Å². The Morgan fingerprint density at radius 2 is 1.35 bits per heavy atom. The van der Waals surface area contributed by atoms with Crippen molar-refractivity contribution in [1.29, 1.82) is 0 Å². The molecule has 3 atom stereocenters. The molecule has 1 N–H and O–H groups in total. The Bertz CT molecular complexity index is 705. The van der Waals surface area contributed by atoms with E-state index in [2.05, 4.69) is 41.5 Å². The van der Waals surface area contributed by atoms with Gasteiger partial charge >= 0.3 is 0 Å². The number of hydrogen-bond donors (Lipinski definition) is 1. The molecule has 0 saturated carbocycles. The number of phenols is 1. The highest BCUT2D eigenvalue weighted by atomic mass is 16.5. The number of fused-ring (bicyclic) bond motifs is 1. The predicted molar refractivity (Wildman–Crippen MR) is 134 cm³/mol. The van der Waals surface area contributed by atoms with Crippen LogP contribution in [0.3, 0.4) is 0 Å². The van der Waals surface area contributed by atoms with Gasteiger partial charge in [0.15, 0.2) is 0 Å². The van der Waals surface area contributed by atoms with Gasteiger partial charge < -0.3 is 9.84 Å². The lowest BCUT2D eigenvalue weighted by molar-refractivity contribution is 0.0512. The van der Waals surface area contributed by atoms with Crippen LogP contribution in [0.2, 0.25) is 0 Å². The van der Waals surface area contributed by atoms with E-state index in [4.69, 9.17) is 4.74 Å². The topological polar surface area (TPSA) is 29.5 Å². The van der Waals surface area contributed by atoms with Gasteiger partial charge in [-0.05, 0) is 87.8 Å². The standard InChI is InChI=1S/C29H50O2/c1-20(2)12-9-13-21(3)14-10-15-22(4)16-11-18-29(8)19-17-26-25(7)27(30)23(5)24(6)28(26)31-29/h20-22,30H,9-19H2,1-8H3/t21-,22-,29?/m1/s1/i5+1,6+1,7+1. The summed E-state index contributed by atoms with van der Waals surface area (Å²) in [6, 6.07) is 0. The van der Waals surface area contributed by atoms with Crippen LogP contribution < -0.4 is 4.74 Å². The number of benzene rings is 1. The van der Waals surface area contributed by atoms with E-state index >= 15 is 0 Å². The zero-order valence-electron chi connectivity index (χ0n) is 21.9. The van der Waals surface area contributed by atoms with Crippen LogP contribution >= 0.6 is 0 Å². The van der Waals surface area contributed by atoms with Gasteiger partial charge in [-0.15, -0.1) is 0 Å². The lowest BCUT2D eigenvalue weighted by Gasteiger charge is -2.38. The molecule has 1 aromatic rings. The van der Waals surface area contributed by atoms with Gasteiger partial charge in [0.1, 0.15) is 17.1 Å². The molecule has 0 amide bonds. The fourth-order valence-corrected chi connectivity index (χ4v) is 5.27. The average molecular weight is 434 g/mol. The minimum absolute atomic E-state index is 0.0712. The van der Waals surface area contributed by atoms with Crippen molar-refractivity contribution in [2.45, 2.75) is 132 Å². The molecule has 0 aliphatic carbocycles. The first-order chi connectivity index (χ1) is 14.5. The molecule has 0 fully saturated rings. The maximum Gasteiger partial charge on any atom is 0.127 e. The fraction of sp³-hybridized carbons (Fsp3) is 0.793. The van der Waals surface area contributed by atoms with Crippen LogP contribution in [0.4, 0.5) is 0 Å². The van der Waals surface area contributed by atoms with Crippen molar-refractivity contribution in [3.05, 3.63) is 22.3 Å². The highest BCUT2D eigenvalue weighted by Gasteiger charge is 2.34. The Morgan fingerprint density at radius 1 is 0.806 bits per heavy atom. The zero-order chi connectivity index (χ0) is 23.2. The van der Waals surface area contributed by atoms with Crippen LogP contribution in [0, 0.1) is 38.5 Å². The van der Waals surface area contributed by atoms with Crippen molar-refractivity contribution in [1.82, 2.24) is 0 Å². The first-order valence-corrected chi connectivity index (χ1v) is 13.0. The monoisotopic (exact) mass is 433 g/mol. The van der Waals surface area contributed by atoms with Gasteiger partial charge in [-0.25, -0.2) is 0 Å². The van der Waals surface area contributed by atoms with Gasteiger partial charge in [0.25, 0.3) is 0 Å². The Kier molecular flexibility index (Phi) is 9.77. The van der Waals surface area contributed by atoms with Crippen LogP contribution in [0.25, 0.3) is 0 Å². The maximum atomic E-state index is 10.4. The summed E-state index contributed by atoms with van der Waals surface area (Å²) in [6.45, 7) is 17.9. The van der Waals surface area contributed by atoms with Crippen LogP contribution in [0.1, 0.15) is 121 Å². The number of hydrogen-bond acceptors (Lipinski definition) is 2. The molecule has 0 bridgehead atoms. The van der Waals surface area contributed by atoms with E-state index in [0.29, 0.717) is 5.75 Å². The number of rotatable bonds is 12. The van der Waals surface area contributed by atoms with Crippen LogP contribution in [-0.4, -0.2) is 10.7 Å². The summed E-state index contributed by atoms with van der Waals surface area (Å²) in [5, 5.41) is 10.4. The van der Waals surface area contributed by atoms with Crippen molar-refractivity contribution < 1.29 is 9.84 Å².